The molecular formula is C32H35F7N4O3S. The van der Waals surface area contributed by atoms with Gasteiger partial charge in [-0.05, 0) is 64.0 Å². The maximum atomic E-state index is 15.9. The van der Waals surface area contributed by atoms with Crippen LogP contribution in [0.5, 0.6) is 0 Å². The molecule has 6 fully saturated rings. The number of ether oxygens (including phenoxy) is 1. The number of pyridine rings is 1. The van der Waals surface area contributed by atoms with E-state index in [1.165, 1.54) is 14.7 Å². The van der Waals surface area contributed by atoms with Gasteiger partial charge in [-0.2, -0.15) is 26.3 Å². The maximum Gasteiger partial charge on any atom is 0.419 e. The van der Waals surface area contributed by atoms with E-state index >= 15 is 4.39 Å². The third-order valence-corrected chi connectivity index (χ3v) is 10.8. The molecular weight excluding hydrogens is 653 g/mol. The zero-order valence-corrected chi connectivity index (χ0v) is 26.9. The van der Waals surface area contributed by atoms with Crippen LogP contribution < -0.4 is 4.90 Å². The maximum absolute atomic E-state index is 15.9. The highest BCUT2D eigenvalue weighted by Crippen LogP contribution is 2.52. The summed E-state index contributed by atoms with van der Waals surface area (Å²) in [5.41, 5.74) is -2.06. The Balaban J connectivity index is 1.10. The molecule has 2 amide bonds. The van der Waals surface area contributed by atoms with Gasteiger partial charge in [0, 0.05) is 54.0 Å². The Morgan fingerprint density at radius 3 is 2.32 bits per heavy atom. The van der Waals surface area contributed by atoms with E-state index in [0.717, 1.165) is 18.9 Å². The van der Waals surface area contributed by atoms with Crippen molar-refractivity contribution in [3.63, 3.8) is 0 Å². The highest BCUT2D eigenvalue weighted by molar-refractivity contribution is 7.18. The minimum Gasteiger partial charge on any atom is -0.444 e. The number of halogens is 7. The number of carbonyl (C=O) groups excluding carboxylic acids is 2. The van der Waals surface area contributed by atoms with Crippen LogP contribution >= 0.6 is 11.3 Å². The summed E-state index contributed by atoms with van der Waals surface area (Å²) in [5, 5.41) is 0.0152. The van der Waals surface area contributed by atoms with Gasteiger partial charge in [-0.25, -0.2) is 14.2 Å². The average molecular weight is 689 g/mol. The van der Waals surface area contributed by atoms with Gasteiger partial charge in [0.2, 0.25) is 5.91 Å². The van der Waals surface area contributed by atoms with E-state index in [9.17, 15) is 35.9 Å². The fourth-order valence-electron chi connectivity index (χ4n) is 7.79. The molecule has 2 aromatic heterocycles. The van der Waals surface area contributed by atoms with Gasteiger partial charge in [-0.3, -0.25) is 9.69 Å². The molecule has 2 aliphatic carbocycles. The third kappa shape index (κ3) is 5.94. The number of carbonyl (C=O) groups is 2. The van der Waals surface area contributed by atoms with Crippen LogP contribution in [0.25, 0.3) is 10.2 Å². The zero-order valence-electron chi connectivity index (χ0n) is 26.1. The Labute approximate surface area is 270 Å². The van der Waals surface area contributed by atoms with Crippen molar-refractivity contribution in [2.75, 3.05) is 31.1 Å². The Kier molecular flexibility index (Phi) is 7.39. The summed E-state index contributed by atoms with van der Waals surface area (Å²) < 4.78 is 103. The highest BCUT2D eigenvalue weighted by Gasteiger charge is 2.61. The fourth-order valence-corrected chi connectivity index (χ4v) is 8.83. The number of piperidine rings is 2. The Morgan fingerprint density at radius 2 is 1.72 bits per heavy atom. The third-order valence-electron chi connectivity index (χ3n) is 9.80. The van der Waals surface area contributed by atoms with E-state index in [4.69, 9.17) is 4.74 Å². The molecule has 2 saturated carbocycles. The van der Waals surface area contributed by atoms with Gasteiger partial charge >= 0.3 is 18.4 Å². The number of hydrogen-bond donors (Lipinski definition) is 0. The van der Waals surface area contributed by atoms with E-state index in [0.29, 0.717) is 35.9 Å². The molecule has 2 aromatic rings. The van der Waals surface area contributed by atoms with E-state index in [1.807, 2.05) is 6.08 Å². The molecule has 0 radical (unpaired) electrons. The second-order valence-electron chi connectivity index (χ2n) is 14.8. The number of aromatic nitrogens is 1. The molecule has 4 aliphatic heterocycles. The number of rotatable bonds is 4. The quantitative estimate of drug-likeness (QED) is 0.253. The molecule has 0 unspecified atom stereocenters. The van der Waals surface area contributed by atoms with Crippen molar-refractivity contribution < 1.29 is 45.1 Å². The Morgan fingerprint density at radius 1 is 1.04 bits per heavy atom. The van der Waals surface area contributed by atoms with Gasteiger partial charge in [0.1, 0.15) is 22.6 Å². The van der Waals surface area contributed by atoms with Crippen molar-refractivity contribution in [3.8, 4) is 0 Å². The molecule has 4 saturated heterocycles. The lowest BCUT2D eigenvalue weighted by atomic mass is 9.68. The average Bonchev–Trinajstić information content (AvgIpc) is 3.62. The number of allylic oxidation sites excluding steroid dienone is 1. The first-order chi connectivity index (χ1) is 21.8. The minimum atomic E-state index is -4.78. The Bertz CT molecular complexity index is 1630. The Hall–Kier alpha value is -3.10. The van der Waals surface area contributed by atoms with Crippen molar-refractivity contribution in [3.05, 3.63) is 34.4 Å². The van der Waals surface area contributed by atoms with E-state index in [-0.39, 0.29) is 52.9 Å². The van der Waals surface area contributed by atoms with Gasteiger partial charge in [-0.15, -0.1) is 11.3 Å². The smallest absolute Gasteiger partial charge is 0.419 e. The molecule has 1 spiro atoms. The first kappa shape index (κ1) is 32.4. The second-order valence-corrected chi connectivity index (χ2v) is 15.9. The molecule has 6 aliphatic rings. The summed E-state index contributed by atoms with van der Waals surface area (Å²) in [6.07, 6.45) is -7.13. The number of hydrogen-bond acceptors (Lipinski definition) is 6. The molecule has 6 heterocycles. The molecule has 0 N–H and O–H groups in total. The standard InChI is InChI=1S/C32H35F7N4O3S/c1-29(2,3)46-28(45)43-22-7-6-18(23(33)19(22)8-16-4-5-16)25(43)27(44)42-14-30(15-42)12-41(13-30)24-20-9-17(10-31(34,35)36)47-26(20)40-11-21(24)32(37,38)39/h8-9,11,16,18,22-23,25H,4-7,10,12-15H2,1-3H3/b19-8+/t18-,22+,23-,25+/m1/s1. The molecule has 7 nitrogen and oxygen atoms in total. The molecule has 8 rings (SSSR count). The molecule has 15 heteroatoms. The van der Waals surface area contributed by atoms with E-state index < -0.39 is 71.5 Å². The topological polar surface area (TPSA) is 66.0 Å². The second kappa shape index (κ2) is 10.7. The molecule has 2 bridgehead atoms. The molecule has 4 atom stereocenters. The SMILES string of the molecule is CC(C)(C)OC(=O)N1[C@H](C(=O)N2CC3(C2)CN(c2c(C(F)(F)F)cnc4sc(CC(F)(F)F)cc24)C3)[C@@H]2CC[C@H]1/C(=C\C1CC1)[C@@H]2F. The van der Waals surface area contributed by atoms with Gasteiger partial charge in [0.25, 0.3) is 0 Å². The number of nitrogens with zero attached hydrogens (tertiary/aromatic N) is 4. The molecule has 0 aromatic carbocycles. The minimum absolute atomic E-state index is 0.0152. The number of anilines is 1. The van der Waals surface area contributed by atoms with Crippen LogP contribution in [-0.2, 0) is 22.1 Å². The molecule has 256 valence electrons. The van der Waals surface area contributed by atoms with Gasteiger partial charge in [0.05, 0.1) is 23.7 Å². The van der Waals surface area contributed by atoms with Crippen molar-refractivity contribution >= 4 is 39.2 Å². The summed E-state index contributed by atoms with van der Waals surface area (Å²) in [6, 6.07) is -0.510. The predicted molar refractivity (Wildman–Crippen MR) is 160 cm³/mol. The van der Waals surface area contributed by atoms with Crippen molar-refractivity contribution in [1.29, 1.82) is 0 Å². The summed E-state index contributed by atoms with van der Waals surface area (Å²) in [4.78, 5) is 35.8. The van der Waals surface area contributed by atoms with E-state index in [2.05, 4.69) is 4.98 Å². The molecule has 47 heavy (non-hydrogen) atoms. The number of thiophene rings is 1. The predicted octanol–water partition coefficient (Wildman–Crippen LogP) is 7.14. The fraction of sp³-hybridized carbons (Fsp3) is 0.656. The summed E-state index contributed by atoms with van der Waals surface area (Å²) in [6.45, 7) is 5.87. The first-order valence-corrected chi connectivity index (χ1v) is 16.6. The first-order valence-electron chi connectivity index (χ1n) is 15.8. The normalized spacial score (nSPS) is 28.2. The highest BCUT2D eigenvalue weighted by atomic mass is 32.1. The van der Waals surface area contributed by atoms with Crippen LogP contribution in [0.2, 0.25) is 0 Å². The lowest BCUT2D eigenvalue weighted by Gasteiger charge is -2.62. The van der Waals surface area contributed by atoms with Crippen LogP contribution in [0.1, 0.15) is 56.9 Å². The summed E-state index contributed by atoms with van der Waals surface area (Å²) in [5.74, 6) is -0.859. The van der Waals surface area contributed by atoms with Crippen LogP contribution in [0.15, 0.2) is 23.9 Å². The van der Waals surface area contributed by atoms with Crippen LogP contribution in [0.4, 0.5) is 41.2 Å². The van der Waals surface area contributed by atoms with Crippen LogP contribution in [-0.4, -0.2) is 83.0 Å². The lowest BCUT2D eigenvalue weighted by Crippen LogP contribution is -2.76. The van der Waals surface area contributed by atoms with Gasteiger partial charge < -0.3 is 14.5 Å². The number of alkyl halides is 7. The van der Waals surface area contributed by atoms with Crippen LogP contribution in [0, 0.1) is 17.3 Å². The summed E-state index contributed by atoms with van der Waals surface area (Å²) in [7, 11) is 0. The largest absolute Gasteiger partial charge is 0.444 e. The number of amides is 2. The van der Waals surface area contributed by atoms with Crippen molar-refractivity contribution in [1.82, 2.24) is 14.8 Å². The monoisotopic (exact) mass is 688 g/mol. The van der Waals surface area contributed by atoms with Crippen molar-refractivity contribution in [2.24, 2.45) is 17.3 Å². The zero-order chi connectivity index (χ0) is 33.8. The van der Waals surface area contributed by atoms with E-state index in [1.54, 1.807) is 20.8 Å². The van der Waals surface area contributed by atoms with Gasteiger partial charge in [0.15, 0.2) is 0 Å². The number of fused-ring (bicyclic) bond motifs is 4. The van der Waals surface area contributed by atoms with Gasteiger partial charge in [-0.1, -0.05) is 6.08 Å². The van der Waals surface area contributed by atoms with Crippen molar-refractivity contribution in [2.45, 2.75) is 89.1 Å². The number of likely N-dealkylation sites (tertiary alicyclic amines) is 1. The summed E-state index contributed by atoms with van der Waals surface area (Å²) >= 11 is 0.713. The van der Waals surface area contributed by atoms with Crippen LogP contribution in [0.3, 0.4) is 0 Å². The lowest BCUT2D eigenvalue weighted by molar-refractivity contribution is -0.159.